The summed E-state index contributed by atoms with van der Waals surface area (Å²) >= 11 is 0. The van der Waals surface area contributed by atoms with Crippen molar-refractivity contribution in [2.45, 2.75) is 20.8 Å². The van der Waals surface area contributed by atoms with E-state index in [0.29, 0.717) is 30.3 Å². The smallest absolute Gasteiger partial charge is 0.352 e. The van der Waals surface area contributed by atoms with Gasteiger partial charge in [0.15, 0.2) is 0 Å². The molecule has 0 aromatic heterocycles. The molecule has 0 aliphatic carbocycles. The van der Waals surface area contributed by atoms with E-state index in [1.54, 1.807) is 18.2 Å². The SMILES string of the molecule is CCOc1ccc(/C=C(/NC(C)=O)C(=O)O)c(OCC)c1. The summed E-state index contributed by atoms with van der Waals surface area (Å²) in [6, 6.07) is 5.08. The molecule has 0 aliphatic heterocycles. The first-order chi connectivity index (χ1) is 9.97. The highest BCUT2D eigenvalue weighted by atomic mass is 16.5. The molecule has 6 nitrogen and oxygen atoms in total. The van der Waals surface area contributed by atoms with E-state index in [9.17, 15) is 9.59 Å². The van der Waals surface area contributed by atoms with Crippen molar-refractivity contribution in [3.63, 3.8) is 0 Å². The summed E-state index contributed by atoms with van der Waals surface area (Å²) < 4.78 is 10.9. The number of carbonyl (C=O) groups excluding carboxylic acids is 1. The van der Waals surface area contributed by atoms with Crippen molar-refractivity contribution >= 4 is 18.0 Å². The van der Waals surface area contributed by atoms with Gasteiger partial charge in [-0.3, -0.25) is 4.79 Å². The monoisotopic (exact) mass is 293 g/mol. The van der Waals surface area contributed by atoms with Crippen LogP contribution < -0.4 is 14.8 Å². The van der Waals surface area contributed by atoms with Crippen LogP contribution in [-0.2, 0) is 9.59 Å². The molecule has 0 saturated carbocycles. The highest BCUT2D eigenvalue weighted by molar-refractivity contribution is 5.96. The van der Waals surface area contributed by atoms with Gasteiger partial charge in [0.2, 0.25) is 5.91 Å². The van der Waals surface area contributed by atoms with Crippen molar-refractivity contribution in [3.05, 3.63) is 29.5 Å². The van der Waals surface area contributed by atoms with E-state index < -0.39 is 11.9 Å². The Hall–Kier alpha value is -2.50. The van der Waals surface area contributed by atoms with E-state index in [-0.39, 0.29) is 5.70 Å². The van der Waals surface area contributed by atoms with E-state index in [4.69, 9.17) is 14.6 Å². The fraction of sp³-hybridized carbons (Fsp3) is 0.333. The number of benzene rings is 1. The molecule has 0 atom stereocenters. The maximum absolute atomic E-state index is 11.1. The van der Waals surface area contributed by atoms with Crippen molar-refractivity contribution < 1.29 is 24.2 Å². The molecule has 6 heteroatoms. The molecule has 21 heavy (non-hydrogen) atoms. The summed E-state index contributed by atoms with van der Waals surface area (Å²) in [5.41, 5.74) is 0.332. The van der Waals surface area contributed by atoms with Crippen LogP contribution in [0, 0.1) is 0 Å². The fourth-order valence-electron chi connectivity index (χ4n) is 1.67. The van der Waals surface area contributed by atoms with Crippen molar-refractivity contribution in [2.75, 3.05) is 13.2 Å². The number of hydrogen-bond donors (Lipinski definition) is 2. The van der Waals surface area contributed by atoms with Gasteiger partial charge in [-0.05, 0) is 32.1 Å². The van der Waals surface area contributed by atoms with E-state index in [1.165, 1.54) is 13.0 Å². The Morgan fingerprint density at radius 1 is 1.24 bits per heavy atom. The summed E-state index contributed by atoms with van der Waals surface area (Å²) in [7, 11) is 0. The van der Waals surface area contributed by atoms with Crippen LogP contribution >= 0.6 is 0 Å². The molecule has 0 aliphatic rings. The molecule has 1 aromatic carbocycles. The second kappa shape index (κ2) is 7.94. The van der Waals surface area contributed by atoms with Crippen LogP contribution in [0.3, 0.4) is 0 Å². The van der Waals surface area contributed by atoms with Crippen LogP contribution in [-0.4, -0.2) is 30.2 Å². The number of carboxylic acid groups (broad SMARTS) is 1. The van der Waals surface area contributed by atoms with E-state index >= 15 is 0 Å². The van der Waals surface area contributed by atoms with Gasteiger partial charge in [0.1, 0.15) is 17.2 Å². The van der Waals surface area contributed by atoms with Crippen molar-refractivity contribution in [1.82, 2.24) is 5.32 Å². The molecule has 0 spiro atoms. The third kappa shape index (κ3) is 5.18. The number of nitrogens with one attached hydrogen (secondary N) is 1. The molecule has 1 aromatic rings. The Morgan fingerprint density at radius 2 is 1.90 bits per heavy atom. The molecule has 0 heterocycles. The number of carboxylic acids is 1. The lowest BCUT2D eigenvalue weighted by atomic mass is 10.1. The molecule has 1 rings (SSSR count). The van der Waals surface area contributed by atoms with Gasteiger partial charge in [0.25, 0.3) is 0 Å². The summed E-state index contributed by atoms with van der Waals surface area (Å²) in [6.45, 7) is 5.89. The lowest BCUT2D eigenvalue weighted by Crippen LogP contribution is -2.24. The van der Waals surface area contributed by atoms with Gasteiger partial charge >= 0.3 is 5.97 Å². The highest BCUT2D eigenvalue weighted by Crippen LogP contribution is 2.27. The van der Waals surface area contributed by atoms with E-state index in [0.717, 1.165) is 0 Å². The first-order valence-electron chi connectivity index (χ1n) is 6.60. The van der Waals surface area contributed by atoms with Crippen LogP contribution in [0.2, 0.25) is 0 Å². The molecule has 0 fully saturated rings. The van der Waals surface area contributed by atoms with Crippen molar-refractivity contribution in [3.8, 4) is 11.5 Å². The predicted molar refractivity (Wildman–Crippen MR) is 78.2 cm³/mol. The molecule has 114 valence electrons. The summed E-state index contributed by atoms with van der Waals surface area (Å²) in [5, 5.41) is 11.4. The normalized spacial score (nSPS) is 10.9. The molecule has 1 amide bonds. The zero-order valence-electron chi connectivity index (χ0n) is 12.3. The number of aliphatic carboxylic acids is 1. The Labute approximate surface area is 123 Å². The second-order valence-corrected chi connectivity index (χ2v) is 4.11. The molecule has 0 unspecified atom stereocenters. The number of amides is 1. The molecular formula is C15H19NO5. The van der Waals surface area contributed by atoms with Crippen molar-refractivity contribution in [2.24, 2.45) is 0 Å². The second-order valence-electron chi connectivity index (χ2n) is 4.11. The van der Waals surface area contributed by atoms with Gasteiger partial charge in [-0.2, -0.15) is 0 Å². The lowest BCUT2D eigenvalue weighted by molar-refractivity contribution is -0.134. The average molecular weight is 293 g/mol. The van der Waals surface area contributed by atoms with Crippen LogP contribution in [0.25, 0.3) is 6.08 Å². The standard InChI is InChI=1S/C15H19NO5/c1-4-20-12-7-6-11(14(9-12)21-5-2)8-13(15(18)19)16-10(3)17/h6-9H,4-5H2,1-3H3,(H,16,17)(H,18,19)/b13-8+. The van der Waals surface area contributed by atoms with E-state index in [2.05, 4.69) is 5.32 Å². The summed E-state index contributed by atoms with van der Waals surface area (Å²) in [4.78, 5) is 22.2. The molecule has 0 radical (unpaired) electrons. The zero-order valence-corrected chi connectivity index (χ0v) is 12.3. The maximum Gasteiger partial charge on any atom is 0.352 e. The van der Waals surface area contributed by atoms with Gasteiger partial charge in [-0.15, -0.1) is 0 Å². The minimum Gasteiger partial charge on any atom is -0.494 e. The maximum atomic E-state index is 11.1. The quantitative estimate of drug-likeness (QED) is 0.751. The number of rotatable bonds is 7. The zero-order chi connectivity index (χ0) is 15.8. The van der Waals surface area contributed by atoms with Crippen LogP contribution in [0.4, 0.5) is 0 Å². The Morgan fingerprint density at radius 3 is 2.43 bits per heavy atom. The molecule has 0 saturated heterocycles. The Balaban J connectivity index is 3.19. The molecular weight excluding hydrogens is 274 g/mol. The Kier molecular flexibility index (Phi) is 6.26. The minimum atomic E-state index is -1.22. The largest absolute Gasteiger partial charge is 0.494 e. The summed E-state index contributed by atoms with van der Waals surface area (Å²) in [6.07, 6.45) is 1.35. The number of carbonyl (C=O) groups is 2. The lowest BCUT2D eigenvalue weighted by Gasteiger charge is -2.11. The van der Waals surface area contributed by atoms with Gasteiger partial charge in [0.05, 0.1) is 13.2 Å². The van der Waals surface area contributed by atoms with Gasteiger partial charge in [0, 0.05) is 18.6 Å². The third-order valence-electron chi connectivity index (χ3n) is 2.44. The Bertz CT molecular complexity index is 551. The third-order valence-corrected chi connectivity index (χ3v) is 2.44. The topological polar surface area (TPSA) is 84.9 Å². The van der Waals surface area contributed by atoms with Gasteiger partial charge in [-0.1, -0.05) is 0 Å². The highest BCUT2D eigenvalue weighted by Gasteiger charge is 2.11. The molecule has 2 N–H and O–H groups in total. The van der Waals surface area contributed by atoms with Crippen LogP contribution in [0.5, 0.6) is 11.5 Å². The van der Waals surface area contributed by atoms with Crippen LogP contribution in [0.1, 0.15) is 26.3 Å². The molecule has 0 bridgehead atoms. The minimum absolute atomic E-state index is 0.215. The summed E-state index contributed by atoms with van der Waals surface area (Å²) in [5.74, 6) is -0.545. The van der Waals surface area contributed by atoms with Gasteiger partial charge < -0.3 is 19.9 Å². The van der Waals surface area contributed by atoms with Crippen molar-refractivity contribution in [1.29, 1.82) is 0 Å². The number of ether oxygens (including phenoxy) is 2. The number of hydrogen-bond acceptors (Lipinski definition) is 4. The average Bonchev–Trinajstić information content (AvgIpc) is 2.40. The predicted octanol–water partition coefficient (Wildman–Crippen LogP) is 2.05. The fourth-order valence-corrected chi connectivity index (χ4v) is 1.67. The first kappa shape index (κ1) is 16.6. The van der Waals surface area contributed by atoms with Crippen LogP contribution in [0.15, 0.2) is 23.9 Å². The van der Waals surface area contributed by atoms with Gasteiger partial charge in [-0.25, -0.2) is 4.79 Å². The van der Waals surface area contributed by atoms with E-state index in [1.807, 2.05) is 13.8 Å². The first-order valence-corrected chi connectivity index (χ1v) is 6.60.